The van der Waals surface area contributed by atoms with Crippen molar-refractivity contribution in [2.45, 2.75) is 19.8 Å². The number of aromatic nitrogens is 1. The van der Waals surface area contributed by atoms with Gasteiger partial charge in [0.15, 0.2) is 23.3 Å². The molecule has 30 heavy (non-hydrogen) atoms. The van der Waals surface area contributed by atoms with Crippen molar-refractivity contribution in [3.63, 3.8) is 0 Å². The lowest BCUT2D eigenvalue weighted by atomic mass is 9.92. The predicted molar refractivity (Wildman–Crippen MR) is 115 cm³/mol. The molecule has 8 heteroatoms. The highest BCUT2D eigenvalue weighted by atomic mass is 79.9. The number of rotatable bonds is 4. The summed E-state index contributed by atoms with van der Waals surface area (Å²) < 4.78 is 70.6. The van der Waals surface area contributed by atoms with E-state index in [1.165, 1.54) is 30.3 Å². The molecule has 1 heterocycles. The number of pyridine rings is 1. The minimum absolute atomic E-state index is 0.150. The van der Waals surface area contributed by atoms with Crippen molar-refractivity contribution < 1.29 is 22.0 Å². The second-order valence-electron chi connectivity index (χ2n) is 6.79. The van der Waals surface area contributed by atoms with E-state index in [1.807, 2.05) is 13.8 Å². The fraction of sp³-hybridized carbons (Fsp3) is 0.136. The zero-order valence-electron chi connectivity index (χ0n) is 15.7. The first kappa shape index (κ1) is 22.6. The predicted octanol–water partition coefficient (Wildman–Crippen LogP) is 8.32. The van der Waals surface area contributed by atoms with Gasteiger partial charge in [-0.25, -0.2) is 22.0 Å². The molecular weight excluding hydrogens is 533 g/mol. The molecule has 0 radical (unpaired) electrons. The molecule has 156 valence electrons. The molecule has 3 rings (SSSR count). The van der Waals surface area contributed by atoms with Crippen LogP contribution in [0.5, 0.6) is 0 Å². The van der Waals surface area contributed by atoms with Crippen LogP contribution in [0.2, 0.25) is 0 Å². The third-order valence-electron chi connectivity index (χ3n) is 4.41. The van der Waals surface area contributed by atoms with E-state index in [0.29, 0.717) is 25.8 Å². The van der Waals surface area contributed by atoms with Crippen LogP contribution in [-0.2, 0) is 0 Å². The molecule has 1 aromatic heterocycles. The van der Waals surface area contributed by atoms with Gasteiger partial charge in [-0.3, -0.25) is 4.98 Å². The third kappa shape index (κ3) is 4.49. The largest absolute Gasteiger partial charge is 0.252 e. The van der Waals surface area contributed by atoms with Gasteiger partial charge in [0.1, 0.15) is 5.82 Å². The van der Waals surface area contributed by atoms with Crippen LogP contribution in [0, 0.1) is 29.1 Å². The highest BCUT2D eigenvalue weighted by Crippen LogP contribution is 2.38. The molecule has 0 aliphatic heterocycles. The Balaban J connectivity index is 2.43. The van der Waals surface area contributed by atoms with Gasteiger partial charge in [0, 0.05) is 11.6 Å². The second-order valence-corrected chi connectivity index (χ2v) is 9.57. The van der Waals surface area contributed by atoms with Crippen LogP contribution in [0.4, 0.5) is 22.0 Å². The molecule has 0 aliphatic rings. The lowest BCUT2D eigenvalue weighted by Gasteiger charge is -2.18. The van der Waals surface area contributed by atoms with Crippen molar-refractivity contribution in [3.05, 3.63) is 80.1 Å². The molecule has 2 aromatic carbocycles. The van der Waals surface area contributed by atoms with E-state index in [1.54, 1.807) is 6.08 Å². The summed E-state index contributed by atoms with van der Waals surface area (Å²) in [6.45, 7) is 3.64. The van der Waals surface area contributed by atoms with Gasteiger partial charge in [0.2, 0.25) is 0 Å². The van der Waals surface area contributed by atoms with Gasteiger partial charge in [-0.2, -0.15) is 0 Å². The molecule has 0 spiro atoms. The molecule has 0 saturated carbocycles. The summed E-state index contributed by atoms with van der Waals surface area (Å²) >= 11 is 6.58. The summed E-state index contributed by atoms with van der Waals surface area (Å²) in [5.41, 5.74) is 0.865. The van der Waals surface area contributed by atoms with Crippen molar-refractivity contribution in [3.8, 4) is 22.4 Å². The summed E-state index contributed by atoms with van der Waals surface area (Å²) in [4.78, 5) is 4.33. The Labute approximate surface area is 186 Å². The standard InChI is InChI=1S/C22H14Br2F5N/c1-10(2)22-14(8-18(23)24)13(11-3-5-12(25)6-4-11)7-17(30-22)19-20(28)15(26)9-16(27)21(19)29/h3-10H,1-2H3. The summed E-state index contributed by atoms with van der Waals surface area (Å²) in [6, 6.07) is 6.95. The lowest BCUT2D eigenvalue weighted by molar-refractivity contribution is 0.458. The van der Waals surface area contributed by atoms with Gasteiger partial charge in [-0.15, -0.1) is 0 Å². The minimum Gasteiger partial charge on any atom is -0.252 e. The van der Waals surface area contributed by atoms with Crippen molar-refractivity contribution >= 4 is 37.9 Å². The molecule has 0 amide bonds. The summed E-state index contributed by atoms with van der Waals surface area (Å²) in [5.74, 6) is -6.78. The Hall–Kier alpha value is -2.06. The number of benzene rings is 2. The third-order valence-corrected chi connectivity index (χ3v) is 4.87. The van der Waals surface area contributed by atoms with Crippen molar-refractivity contribution in [1.82, 2.24) is 4.98 Å². The first-order valence-corrected chi connectivity index (χ1v) is 10.4. The number of hydrogen-bond donors (Lipinski definition) is 0. The maximum Gasteiger partial charge on any atom is 0.171 e. The zero-order valence-corrected chi connectivity index (χ0v) is 18.9. The molecule has 1 nitrogen and oxygen atoms in total. The SMILES string of the molecule is CC(C)c1nc(-c2c(F)c(F)cc(F)c2F)cc(-c2ccc(F)cc2)c1C=C(Br)Br. The number of hydrogen-bond acceptors (Lipinski definition) is 1. The summed E-state index contributed by atoms with van der Waals surface area (Å²) in [7, 11) is 0. The molecule has 0 bridgehead atoms. The lowest BCUT2D eigenvalue weighted by Crippen LogP contribution is -2.05. The number of nitrogens with zero attached hydrogens (tertiary/aromatic N) is 1. The molecule has 0 saturated heterocycles. The van der Waals surface area contributed by atoms with E-state index in [0.717, 1.165) is 0 Å². The van der Waals surface area contributed by atoms with Gasteiger partial charge in [0.25, 0.3) is 0 Å². The van der Waals surface area contributed by atoms with Crippen LogP contribution in [0.15, 0.2) is 39.8 Å². The molecule has 0 atom stereocenters. The monoisotopic (exact) mass is 545 g/mol. The van der Waals surface area contributed by atoms with Gasteiger partial charge < -0.3 is 0 Å². The highest BCUT2D eigenvalue weighted by molar-refractivity contribution is 9.28. The Morgan fingerprint density at radius 3 is 1.97 bits per heavy atom. The van der Waals surface area contributed by atoms with Gasteiger partial charge in [-0.1, -0.05) is 26.0 Å². The molecular formula is C22H14Br2F5N. The average molecular weight is 547 g/mol. The maximum absolute atomic E-state index is 14.5. The average Bonchev–Trinajstić information content (AvgIpc) is 2.67. The van der Waals surface area contributed by atoms with Crippen LogP contribution >= 0.6 is 31.9 Å². The van der Waals surface area contributed by atoms with E-state index in [-0.39, 0.29) is 17.7 Å². The van der Waals surface area contributed by atoms with Crippen LogP contribution < -0.4 is 0 Å². The van der Waals surface area contributed by atoms with Crippen LogP contribution in [0.25, 0.3) is 28.5 Å². The second kappa shape index (κ2) is 8.98. The van der Waals surface area contributed by atoms with E-state index >= 15 is 0 Å². The van der Waals surface area contributed by atoms with Gasteiger partial charge in [-0.05, 0) is 73.2 Å². The van der Waals surface area contributed by atoms with Crippen molar-refractivity contribution in [1.29, 1.82) is 0 Å². The van der Waals surface area contributed by atoms with Gasteiger partial charge >= 0.3 is 0 Å². The molecule has 0 unspecified atom stereocenters. The van der Waals surface area contributed by atoms with Crippen molar-refractivity contribution in [2.24, 2.45) is 0 Å². The van der Waals surface area contributed by atoms with E-state index in [2.05, 4.69) is 36.8 Å². The van der Waals surface area contributed by atoms with Crippen LogP contribution in [0.3, 0.4) is 0 Å². The Morgan fingerprint density at radius 2 is 1.47 bits per heavy atom. The van der Waals surface area contributed by atoms with Crippen LogP contribution in [-0.4, -0.2) is 4.98 Å². The Kier molecular flexibility index (Phi) is 6.77. The van der Waals surface area contributed by atoms with E-state index < -0.39 is 34.6 Å². The number of halogens is 7. The van der Waals surface area contributed by atoms with E-state index in [9.17, 15) is 22.0 Å². The normalized spacial score (nSPS) is 11.1. The van der Waals surface area contributed by atoms with Crippen LogP contribution in [0.1, 0.15) is 31.0 Å². The Bertz CT molecular complexity index is 1110. The van der Waals surface area contributed by atoms with Crippen molar-refractivity contribution in [2.75, 3.05) is 0 Å². The highest BCUT2D eigenvalue weighted by Gasteiger charge is 2.24. The Morgan fingerprint density at radius 1 is 0.900 bits per heavy atom. The quantitative estimate of drug-likeness (QED) is 0.237. The molecule has 3 aromatic rings. The fourth-order valence-electron chi connectivity index (χ4n) is 3.07. The maximum atomic E-state index is 14.5. The minimum atomic E-state index is -1.54. The summed E-state index contributed by atoms with van der Waals surface area (Å²) in [5, 5.41) is 0. The zero-order chi connectivity index (χ0) is 22.2. The first-order chi connectivity index (χ1) is 14.1. The molecule has 0 aliphatic carbocycles. The topological polar surface area (TPSA) is 12.9 Å². The first-order valence-electron chi connectivity index (χ1n) is 8.77. The molecule has 0 fully saturated rings. The summed E-state index contributed by atoms with van der Waals surface area (Å²) in [6.07, 6.45) is 1.70. The molecule has 0 N–H and O–H groups in total. The van der Waals surface area contributed by atoms with Gasteiger partial charge in [0.05, 0.1) is 20.3 Å². The van der Waals surface area contributed by atoms with E-state index in [4.69, 9.17) is 0 Å². The fourth-order valence-corrected chi connectivity index (χ4v) is 3.53. The smallest absolute Gasteiger partial charge is 0.171 e.